The van der Waals surface area contributed by atoms with E-state index >= 15 is 0 Å². The summed E-state index contributed by atoms with van der Waals surface area (Å²) in [5.41, 5.74) is 8.08. The van der Waals surface area contributed by atoms with Gasteiger partial charge in [0.05, 0.1) is 0 Å². The molecule has 0 aromatic heterocycles. The van der Waals surface area contributed by atoms with Crippen molar-refractivity contribution >= 4 is 0 Å². The molecule has 2 aromatic rings. The summed E-state index contributed by atoms with van der Waals surface area (Å²) in [4.78, 5) is 0. The molecule has 0 saturated heterocycles. The molecule has 0 radical (unpaired) electrons. The van der Waals surface area contributed by atoms with Gasteiger partial charge >= 0.3 is 0 Å². The normalized spacial score (nSPS) is 14.2. The van der Waals surface area contributed by atoms with Crippen molar-refractivity contribution in [2.75, 3.05) is 0 Å². The zero-order valence-electron chi connectivity index (χ0n) is 11.1. The van der Waals surface area contributed by atoms with Crippen LogP contribution < -0.4 is 5.73 Å². The molecule has 1 atom stereocenters. The van der Waals surface area contributed by atoms with Crippen LogP contribution in [0.3, 0.4) is 0 Å². The van der Waals surface area contributed by atoms with Crippen LogP contribution in [0.15, 0.2) is 42.5 Å². The predicted molar refractivity (Wildman–Crippen MR) is 72.8 cm³/mol. The van der Waals surface area contributed by atoms with Crippen LogP contribution in [-0.4, -0.2) is 0 Å². The van der Waals surface area contributed by atoms with Crippen molar-refractivity contribution in [3.63, 3.8) is 0 Å². The smallest absolute Gasteiger partial charge is 0.129 e. The Morgan fingerprint density at radius 3 is 2.26 bits per heavy atom. The van der Waals surface area contributed by atoms with Crippen molar-refractivity contribution in [3.8, 4) is 0 Å². The first kappa shape index (κ1) is 13.7. The lowest BCUT2D eigenvalue weighted by molar-refractivity contribution is 0.472. The van der Waals surface area contributed by atoms with Crippen molar-refractivity contribution in [1.82, 2.24) is 0 Å². The molecule has 0 heterocycles. The molecular formula is C16H17F2N. The minimum atomic E-state index is -0.688. The minimum absolute atomic E-state index is 0.322. The zero-order valence-corrected chi connectivity index (χ0v) is 11.1. The summed E-state index contributed by atoms with van der Waals surface area (Å²) in [6.07, 6.45) is 0.322. The van der Waals surface area contributed by atoms with E-state index in [2.05, 4.69) is 0 Å². The highest BCUT2D eigenvalue weighted by atomic mass is 19.1. The second-order valence-corrected chi connectivity index (χ2v) is 5.20. The highest BCUT2D eigenvalue weighted by Gasteiger charge is 2.23. The van der Waals surface area contributed by atoms with Gasteiger partial charge in [-0.2, -0.15) is 0 Å². The van der Waals surface area contributed by atoms with Crippen molar-refractivity contribution in [2.24, 2.45) is 5.73 Å². The summed E-state index contributed by atoms with van der Waals surface area (Å²) < 4.78 is 26.5. The van der Waals surface area contributed by atoms with Crippen LogP contribution in [0.5, 0.6) is 0 Å². The van der Waals surface area contributed by atoms with Gasteiger partial charge in [0.15, 0.2) is 0 Å². The van der Waals surface area contributed by atoms with E-state index in [0.717, 1.165) is 17.2 Å². The van der Waals surface area contributed by atoms with Crippen molar-refractivity contribution in [1.29, 1.82) is 0 Å². The first-order valence-electron chi connectivity index (χ1n) is 6.18. The maximum Gasteiger partial charge on any atom is 0.129 e. The van der Waals surface area contributed by atoms with Crippen molar-refractivity contribution in [2.45, 2.75) is 25.8 Å². The third kappa shape index (κ3) is 3.18. The molecule has 1 unspecified atom stereocenters. The summed E-state index contributed by atoms with van der Waals surface area (Å²) in [7, 11) is 0. The van der Waals surface area contributed by atoms with Gasteiger partial charge in [0.2, 0.25) is 0 Å². The Hall–Kier alpha value is -1.74. The van der Waals surface area contributed by atoms with E-state index in [0.29, 0.717) is 12.0 Å². The molecule has 0 amide bonds. The molecule has 100 valence electrons. The van der Waals surface area contributed by atoms with Gasteiger partial charge < -0.3 is 5.73 Å². The summed E-state index contributed by atoms with van der Waals surface area (Å²) in [6.45, 7) is 3.84. The number of benzene rings is 2. The number of nitrogens with two attached hydrogens (primary N) is 1. The molecular weight excluding hydrogens is 244 g/mol. The van der Waals surface area contributed by atoms with Gasteiger partial charge in [-0.05, 0) is 37.5 Å². The standard InChI is InChI=1S/C16H17F2N/c1-11-3-6-13(7-4-11)16(2,19)10-12-5-8-14(17)9-15(12)18/h3-9H,10,19H2,1-2H3. The van der Waals surface area contributed by atoms with E-state index in [9.17, 15) is 8.78 Å². The van der Waals surface area contributed by atoms with E-state index in [1.165, 1.54) is 12.1 Å². The van der Waals surface area contributed by atoms with Crippen LogP contribution in [0, 0.1) is 18.6 Å². The highest BCUT2D eigenvalue weighted by Crippen LogP contribution is 2.24. The number of aryl methyl sites for hydroxylation is 1. The van der Waals surface area contributed by atoms with Crippen LogP contribution in [0.4, 0.5) is 8.78 Å². The number of hydrogen-bond acceptors (Lipinski definition) is 1. The van der Waals surface area contributed by atoms with Gasteiger partial charge in [-0.1, -0.05) is 35.9 Å². The quantitative estimate of drug-likeness (QED) is 0.896. The molecule has 0 saturated carbocycles. The second-order valence-electron chi connectivity index (χ2n) is 5.20. The van der Waals surface area contributed by atoms with Crippen molar-refractivity contribution < 1.29 is 8.78 Å². The molecule has 0 fully saturated rings. The SMILES string of the molecule is Cc1ccc(C(C)(N)Cc2ccc(F)cc2F)cc1. The summed E-state index contributed by atoms with van der Waals surface area (Å²) in [5, 5.41) is 0. The molecule has 2 N–H and O–H groups in total. The third-order valence-corrected chi connectivity index (χ3v) is 3.28. The Kier molecular flexibility index (Phi) is 3.67. The Labute approximate surface area is 112 Å². The average molecular weight is 261 g/mol. The van der Waals surface area contributed by atoms with E-state index in [1.807, 2.05) is 38.1 Å². The first-order valence-corrected chi connectivity index (χ1v) is 6.18. The molecule has 3 heteroatoms. The van der Waals surface area contributed by atoms with Gasteiger partial charge in [-0.15, -0.1) is 0 Å². The largest absolute Gasteiger partial charge is 0.321 e. The highest BCUT2D eigenvalue weighted by molar-refractivity contribution is 5.30. The third-order valence-electron chi connectivity index (χ3n) is 3.28. The van der Waals surface area contributed by atoms with Crippen LogP contribution in [0.1, 0.15) is 23.6 Å². The fourth-order valence-corrected chi connectivity index (χ4v) is 2.10. The van der Waals surface area contributed by atoms with Gasteiger partial charge in [0.25, 0.3) is 0 Å². The fraction of sp³-hybridized carbons (Fsp3) is 0.250. The molecule has 0 bridgehead atoms. The molecule has 1 nitrogen and oxygen atoms in total. The zero-order chi connectivity index (χ0) is 14.0. The maximum absolute atomic E-state index is 13.7. The monoisotopic (exact) mass is 261 g/mol. The molecule has 0 aliphatic rings. The minimum Gasteiger partial charge on any atom is -0.321 e. The lowest BCUT2D eigenvalue weighted by Crippen LogP contribution is -2.35. The van der Waals surface area contributed by atoms with E-state index in [1.54, 1.807) is 0 Å². The molecule has 0 aliphatic carbocycles. The Balaban J connectivity index is 2.27. The van der Waals surface area contributed by atoms with Crippen LogP contribution >= 0.6 is 0 Å². The fourth-order valence-electron chi connectivity index (χ4n) is 2.10. The summed E-state index contributed by atoms with van der Waals surface area (Å²) in [6, 6.07) is 11.4. The van der Waals surface area contributed by atoms with Gasteiger partial charge in [-0.25, -0.2) is 8.78 Å². The van der Waals surface area contributed by atoms with Gasteiger partial charge in [-0.3, -0.25) is 0 Å². The Morgan fingerprint density at radius 2 is 1.68 bits per heavy atom. The summed E-state index contributed by atoms with van der Waals surface area (Å²) >= 11 is 0. The Morgan fingerprint density at radius 1 is 1.05 bits per heavy atom. The number of halogens is 2. The van der Waals surface area contributed by atoms with Crippen LogP contribution in [0.25, 0.3) is 0 Å². The maximum atomic E-state index is 13.7. The van der Waals surface area contributed by atoms with Crippen molar-refractivity contribution in [3.05, 3.63) is 70.8 Å². The number of hydrogen-bond donors (Lipinski definition) is 1. The lowest BCUT2D eigenvalue weighted by Gasteiger charge is -2.26. The van der Waals surface area contributed by atoms with Crippen LogP contribution in [-0.2, 0) is 12.0 Å². The topological polar surface area (TPSA) is 26.0 Å². The van der Waals surface area contributed by atoms with Gasteiger partial charge in [0, 0.05) is 11.6 Å². The first-order chi connectivity index (χ1) is 8.88. The van der Waals surface area contributed by atoms with Gasteiger partial charge in [0.1, 0.15) is 11.6 Å². The molecule has 19 heavy (non-hydrogen) atoms. The second kappa shape index (κ2) is 5.10. The summed E-state index contributed by atoms with van der Waals surface area (Å²) in [5.74, 6) is -1.13. The van der Waals surface area contributed by atoms with E-state index in [4.69, 9.17) is 5.73 Å². The predicted octanol–water partition coefficient (Wildman–Crippen LogP) is 3.69. The van der Waals surface area contributed by atoms with E-state index in [-0.39, 0.29) is 0 Å². The number of rotatable bonds is 3. The van der Waals surface area contributed by atoms with E-state index < -0.39 is 17.2 Å². The van der Waals surface area contributed by atoms with Crippen LogP contribution in [0.2, 0.25) is 0 Å². The molecule has 0 spiro atoms. The molecule has 2 aromatic carbocycles. The average Bonchev–Trinajstić information content (AvgIpc) is 2.33. The molecule has 0 aliphatic heterocycles. The molecule has 2 rings (SSSR count). The lowest BCUT2D eigenvalue weighted by atomic mass is 9.86. The Bertz CT molecular complexity index is 574.